The molecule has 3 aliphatic rings. The largest absolute Gasteiger partial charge is 0.481 e. The molecule has 2 bridgehead atoms. The minimum atomic E-state index is -2.96. The van der Waals surface area contributed by atoms with Crippen LogP contribution in [0.15, 0.2) is 55.0 Å². The first-order valence-corrected chi connectivity index (χ1v) is 13.8. The molecule has 11 heteroatoms. The van der Waals surface area contributed by atoms with Gasteiger partial charge in [0.1, 0.15) is 17.0 Å². The molecule has 0 spiro atoms. The summed E-state index contributed by atoms with van der Waals surface area (Å²) >= 11 is 0. The van der Waals surface area contributed by atoms with Crippen molar-refractivity contribution in [3.05, 3.63) is 71.9 Å². The van der Waals surface area contributed by atoms with Crippen molar-refractivity contribution in [2.45, 2.75) is 44.3 Å². The smallest absolute Gasteiger partial charge is 0.387 e. The number of aromatic nitrogens is 4. The molecule has 2 fully saturated rings. The highest BCUT2D eigenvalue weighted by Crippen LogP contribution is 2.50. The molecule has 9 nitrogen and oxygen atoms in total. The van der Waals surface area contributed by atoms with E-state index in [1.54, 1.807) is 37.5 Å². The minimum absolute atomic E-state index is 0.0760. The van der Waals surface area contributed by atoms with Crippen LogP contribution in [0.4, 0.5) is 14.7 Å². The van der Waals surface area contributed by atoms with E-state index >= 15 is 0 Å². The number of carboxylic acids is 1. The third-order valence-electron chi connectivity index (χ3n) is 8.98. The standard InChI is InChI=1S/C30H29F2N5O4/c1-30(40)10-21(20-4-2-3-5-22(20)41-28(31)32)25-26(30)35-23-9-8-16(15-37(23)25)19-11-33-29(34-12-19)36-13-17-6-7-18(14-36)24(17)27(38)39/h2-5,8-9,11-12,15,17-18,21,24,28,40H,6-7,10,13-14H2,1H3,(H,38,39)/t17-,18+,21?,24+,30-/m1/s1. The number of nitrogens with zero attached hydrogens (tertiary/aromatic N) is 5. The summed E-state index contributed by atoms with van der Waals surface area (Å²) in [6.07, 6.45) is 7.52. The lowest BCUT2D eigenvalue weighted by Gasteiger charge is -2.35. The molecule has 3 aromatic heterocycles. The number of alkyl halides is 2. The zero-order valence-corrected chi connectivity index (χ0v) is 22.3. The van der Waals surface area contributed by atoms with Gasteiger partial charge in [-0.15, -0.1) is 0 Å². The van der Waals surface area contributed by atoms with Gasteiger partial charge in [-0.3, -0.25) is 4.79 Å². The number of ether oxygens (including phenoxy) is 1. The van der Waals surface area contributed by atoms with Gasteiger partial charge in [-0.1, -0.05) is 18.2 Å². The molecule has 1 saturated heterocycles. The number of pyridine rings is 1. The third kappa shape index (κ3) is 4.30. The molecule has 0 amide bonds. The molecule has 2 aliphatic carbocycles. The summed E-state index contributed by atoms with van der Waals surface area (Å²) < 4.78 is 33.1. The number of para-hydroxylation sites is 1. The Morgan fingerprint density at radius 3 is 2.46 bits per heavy atom. The predicted octanol–water partition coefficient (Wildman–Crippen LogP) is 4.68. The molecule has 2 N–H and O–H groups in total. The maximum Gasteiger partial charge on any atom is 0.387 e. The topological polar surface area (TPSA) is 113 Å². The molecule has 1 saturated carbocycles. The number of aliphatic carboxylic acids is 1. The van der Waals surface area contributed by atoms with Crippen LogP contribution in [-0.2, 0) is 10.4 Å². The van der Waals surface area contributed by atoms with E-state index in [4.69, 9.17) is 9.72 Å². The second-order valence-electron chi connectivity index (χ2n) is 11.6. The Hall–Kier alpha value is -4.12. The van der Waals surface area contributed by atoms with Crippen molar-refractivity contribution in [3.63, 3.8) is 0 Å². The number of benzene rings is 1. The zero-order valence-electron chi connectivity index (χ0n) is 22.3. The number of carbonyl (C=O) groups is 1. The van der Waals surface area contributed by atoms with Crippen molar-refractivity contribution in [1.82, 2.24) is 19.4 Å². The first kappa shape index (κ1) is 25.8. The lowest BCUT2D eigenvalue weighted by molar-refractivity contribution is -0.144. The Balaban J connectivity index is 1.22. The second-order valence-corrected chi connectivity index (χ2v) is 11.6. The molecular weight excluding hydrogens is 532 g/mol. The lowest BCUT2D eigenvalue weighted by Crippen LogP contribution is -2.45. The summed E-state index contributed by atoms with van der Waals surface area (Å²) in [4.78, 5) is 27.7. The maximum absolute atomic E-state index is 13.2. The number of hydrogen-bond donors (Lipinski definition) is 2. The molecule has 1 aromatic carbocycles. The number of carboxylic acid groups (broad SMARTS) is 1. The molecule has 7 rings (SSSR count). The van der Waals surface area contributed by atoms with Crippen molar-refractivity contribution in [2.75, 3.05) is 18.0 Å². The van der Waals surface area contributed by atoms with Crippen LogP contribution >= 0.6 is 0 Å². The summed E-state index contributed by atoms with van der Waals surface area (Å²) in [6.45, 7) is -0.00271. The van der Waals surface area contributed by atoms with Crippen molar-refractivity contribution in [1.29, 1.82) is 0 Å². The fraction of sp³-hybridized carbons (Fsp3) is 0.400. The van der Waals surface area contributed by atoms with Crippen molar-refractivity contribution in [2.24, 2.45) is 17.8 Å². The Kier molecular flexibility index (Phi) is 5.97. The number of rotatable bonds is 6. The van der Waals surface area contributed by atoms with Gasteiger partial charge in [-0.05, 0) is 56.2 Å². The fourth-order valence-electron chi connectivity index (χ4n) is 7.21. The molecule has 41 heavy (non-hydrogen) atoms. The number of halogens is 2. The molecule has 4 heterocycles. The highest BCUT2D eigenvalue weighted by molar-refractivity contribution is 5.72. The van der Waals surface area contributed by atoms with Gasteiger partial charge in [0.25, 0.3) is 0 Å². The van der Waals surface area contributed by atoms with Gasteiger partial charge >= 0.3 is 12.6 Å². The third-order valence-corrected chi connectivity index (χ3v) is 8.98. The Morgan fingerprint density at radius 1 is 1.07 bits per heavy atom. The van der Waals surface area contributed by atoms with E-state index in [1.807, 2.05) is 22.7 Å². The predicted molar refractivity (Wildman–Crippen MR) is 145 cm³/mol. The fourth-order valence-corrected chi connectivity index (χ4v) is 7.21. The van der Waals surface area contributed by atoms with E-state index < -0.39 is 24.1 Å². The van der Waals surface area contributed by atoms with E-state index in [0.717, 1.165) is 29.7 Å². The highest BCUT2D eigenvalue weighted by Gasteiger charge is 2.47. The quantitative estimate of drug-likeness (QED) is 0.349. The monoisotopic (exact) mass is 561 g/mol. The Bertz CT molecular complexity index is 1630. The van der Waals surface area contributed by atoms with Crippen LogP contribution in [0.1, 0.15) is 49.1 Å². The average Bonchev–Trinajstić information content (AvgIpc) is 3.55. The molecule has 0 radical (unpaired) electrons. The average molecular weight is 562 g/mol. The van der Waals surface area contributed by atoms with E-state index in [1.165, 1.54) is 6.07 Å². The second kappa shape index (κ2) is 9.47. The van der Waals surface area contributed by atoms with Crippen LogP contribution in [0.2, 0.25) is 0 Å². The number of aliphatic hydroxyl groups is 1. The van der Waals surface area contributed by atoms with E-state index in [0.29, 0.717) is 35.9 Å². The number of fused-ring (bicyclic) bond motifs is 5. The summed E-state index contributed by atoms with van der Waals surface area (Å²) in [6, 6.07) is 10.4. The van der Waals surface area contributed by atoms with Crippen molar-refractivity contribution < 1.29 is 28.5 Å². The van der Waals surface area contributed by atoms with Crippen LogP contribution in [0.25, 0.3) is 16.8 Å². The lowest BCUT2D eigenvalue weighted by atomic mass is 9.85. The van der Waals surface area contributed by atoms with Crippen LogP contribution < -0.4 is 9.64 Å². The van der Waals surface area contributed by atoms with Crippen molar-refractivity contribution in [3.8, 4) is 16.9 Å². The zero-order chi connectivity index (χ0) is 28.5. The number of imidazole rings is 1. The van der Waals surface area contributed by atoms with E-state index in [2.05, 4.69) is 14.9 Å². The summed E-state index contributed by atoms with van der Waals surface area (Å²) in [5.41, 5.74) is 2.80. The first-order valence-electron chi connectivity index (χ1n) is 13.8. The summed E-state index contributed by atoms with van der Waals surface area (Å²) in [5, 5.41) is 20.9. The molecule has 4 aromatic rings. The van der Waals surface area contributed by atoms with Crippen LogP contribution in [0, 0.1) is 17.8 Å². The Morgan fingerprint density at radius 2 is 1.78 bits per heavy atom. The van der Waals surface area contributed by atoms with Gasteiger partial charge in [-0.25, -0.2) is 15.0 Å². The molecule has 1 unspecified atom stereocenters. The van der Waals surface area contributed by atoms with E-state index in [-0.39, 0.29) is 29.9 Å². The summed E-state index contributed by atoms with van der Waals surface area (Å²) in [5.74, 6) is -0.514. The van der Waals surface area contributed by atoms with Gasteiger partial charge in [-0.2, -0.15) is 8.78 Å². The van der Waals surface area contributed by atoms with Gasteiger partial charge in [0, 0.05) is 54.3 Å². The SMILES string of the molecule is C[C@@]1(O)CC(c2ccccc2OC(F)F)c2c1nc1ccc(-c3cnc(N4C[C@H]5CC[C@@H](C4)[C@H]5C(=O)O)nc3)cn21. The molecular formula is C30H29F2N5O4. The Labute approximate surface area is 234 Å². The minimum Gasteiger partial charge on any atom is -0.481 e. The van der Waals surface area contributed by atoms with Crippen molar-refractivity contribution >= 4 is 17.6 Å². The molecule has 5 atom stereocenters. The molecule has 212 valence electrons. The van der Waals surface area contributed by atoms with Crippen LogP contribution in [-0.4, -0.2) is 55.2 Å². The normalized spacial score (nSPS) is 27.0. The number of anilines is 1. The highest BCUT2D eigenvalue weighted by atomic mass is 19.3. The number of hydrogen-bond acceptors (Lipinski definition) is 7. The van der Waals surface area contributed by atoms with Gasteiger partial charge in [0.2, 0.25) is 5.95 Å². The van der Waals surface area contributed by atoms with Crippen LogP contribution in [0.5, 0.6) is 5.75 Å². The number of piperidine rings is 1. The summed E-state index contributed by atoms with van der Waals surface area (Å²) in [7, 11) is 0. The van der Waals surface area contributed by atoms with E-state index in [9.17, 15) is 23.8 Å². The van der Waals surface area contributed by atoms with Crippen LogP contribution in [0.3, 0.4) is 0 Å². The van der Waals surface area contributed by atoms with Gasteiger partial charge in [0.15, 0.2) is 0 Å². The van der Waals surface area contributed by atoms with Gasteiger partial charge in [0.05, 0.1) is 17.3 Å². The first-order chi connectivity index (χ1) is 19.7. The maximum atomic E-state index is 13.2. The van der Waals surface area contributed by atoms with Gasteiger partial charge < -0.3 is 24.3 Å². The molecule has 1 aliphatic heterocycles.